The van der Waals surface area contributed by atoms with Crippen molar-refractivity contribution in [1.29, 1.82) is 0 Å². The van der Waals surface area contributed by atoms with Gasteiger partial charge < -0.3 is 4.74 Å². The molecular formula is C18H21ClO. The second-order valence-corrected chi connectivity index (χ2v) is 6.54. The molecule has 0 heterocycles. The Morgan fingerprint density at radius 1 is 1.05 bits per heavy atom. The minimum Gasteiger partial charge on any atom is -0.487 e. The molecule has 0 bridgehead atoms. The average Bonchev–Trinajstić information content (AvgIpc) is 2.39. The Bertz CT molecular complexity index is 597. The predicted molar refractivity (Wildman–Crippen MR) is 85.7 cm³/mol. The Morgan fingerprint density at radius 3 is 2.45 bits per heavy atom. The van der Waals surface area contributed by atoms with E-state index in [-0.39, 0.29) is 5.41 Å². The Morgan fingerprint density at radius 2 is 1.75 bits per heavy atom. The van der Waals surface area contributed by atoms with Crippen molar-refractivity contribution in [2.45, 2.75) is 39.7 Å². The zero-order valence-electron chi connectivity index (χ0n) is 12.5. The molecule has 0 N–H and O–H groups in total. The van der Waals surface area contributed by atoms with Crippen molar-refractivity contribution in [3.63, 3.8) is 0 Å². The van der Waals surface area contributed by atoms with E-state index in [9.17, 15) is 0 Å². The molecule has 2 aromatic carbocycles. The highest BCUT2D eigenvalue weighted by Crippen LogP contribution is 2.29. The van der Waals surface area contributed by atoms with Crippen molar-refractivity contribution < 1.29 is 4.74 Å². The van der Waals surface area contributed by atoms with E-state index in [2.05, 4.69) is 39.0 Å². The molecule has 0 unspecified atom stereocenters. The van der Waals surface area contributed by atoms with Crippen molar-refractivity contribution in [1.82, 2.24) is 0 Å². The van der Waals surface area contributed by atoms with Gasteiger partial charge in [0, 0.05) is 0 Å². The van der Waals surface area contributed by atoms with Crippen LogP contribution in [0, 0.1) is 6.92 Å². The van der Waals surface area contributed by atoms with E-state index in [1.54, 1.807) is 0 Å². The molecule has 20 heavy (non-hydrogen) atoms. The summed E-state index contributed by atoms with van der Waals surface area (Å²) in [5.41, 5.74) is 3.77. The molecule has 2 aromatic rings. The first-order valence-corrected chi connectivity index (χ1v) is 7.23. The Kier molecular flexibility index (Phi) is 4.39. The molecule has 1 nitrogen and oxygen atoms in total. The van der Waals surface area contributed by atoms with Gasteiger partial charge >= 0.3 is 0 Å². The van der Waals surface area contributed by atoms with Crippen LogP contribution in [0.5, 0.6) is 5.75 Å². The topological polar surface area (TPSA) is 9.23 Å². The van der Waals surface area contributed by atoms with Crippen molar-refractivity contribution in [3.8, 4) is 5.75 Å². The highest BCUT2D eigenvalue weighted by Gasteiger charge is 2.17. The van der Waals surface area contributed by atoms with Gasteiger partial charge in [-0.25, -0.2) is 0 Å². The number of hydrogen-bond donors (Lipinski definition) is 0. The molecule has 0 fully saturated rings. The van der Waals surface area contributed by atoms with Gasteiger partial charge in [0.15, 0.2) is 0 Å². The van der Waals surface area contributed by atoms with Crippen molar-refractivity contribution in [2.24, 2.45) is 0 Å². The lowest BCUT2D eigenvalue weighted by molar-refractivity contribution is 0.303. The van der Waals surface area contributed by atoms with Crippen molar-refractivity contribution in [3.05, 3.63) is 64.2 Å². The molecule has 0 atom stereocenters. The van der Waals surface area contributed by atoms with Crippen LogP contribution in [0.1, 0.15) is 37.5 Å². The predicted octanol–water partition coefficient (Wildman–Crippen LogP) is 5.52. The molecular weight excluding hydrogens is 268 g/mol. The minimum absolute atomic E-state index is 0.107. The molecule has 2 heteroatoms. The summed E-state index contributed by atoms with van der Waals surface area (Å²) in [4.78, 5) is 0. The fraction of sp³-hybridized carbons (Fsp3) is 0.333. The third kappa shape index (κ3) is 3.55. The number of ether oxygens (including phenoxy) is 1. The lowest BCUT2D eigenvalue weighted by Gasteiger charge is -2.23. The summed E-state index contributed by atoms with van der Waals surface area (Å²) >= 11 is 6.17. The number of benzene rings is 2. The lowest BCUT2D eigenvalue weighted by atomic mass is 9.84. The number of halogens is 1. The summed E-state index contributed by atoms with van der Waals surface area (Å²) in [6, 6.07) is 14.2. The van der Waals surface area contributed by atoms with E-state index >= 15 is 0 Å². The molecule has 0 aliphatic rings. The minimum atomic E-state index is 0.107. The number of rotatable bonds is 3. The lowest BCUT2D eigenvalue weighted by Crippen LogP contribution is -2.15. The highest BCUT2D eigenvalue weighted by molar-refractivity contribution is 6.32. The fourth-order valence-corrected chi connectivity index (χ4v) is 2.43. The van der Waals surface area contributed by atoms with Gasteiger partial charge in [-0.3, -0.25) is 0 Å². The zero-order valence-corrected chi connectivity index (χ0v) is 13.3. The first-order valence-electron chi connectivity index (χ1n) is 6.85. The van der Waals surface area contributed by atoms with Gasteiger partial charge in [0.1, 0.15) is 12.4 Å². The monoisotopic (exact) mass is 288 g/mol. The van der Waals surface area contributed by atoms with E-state index < -0.39 is 0 Å². The molecule has 0 aromatic heterocycles. The number of aryl methyl sites for hydroxylation is 1. The quantitative estimate of drug-likeness (QED) is 0.722. The maximum absolute atomic E-state index is 6.17. The summed E-state index contributed by atoms with van der Waals surface area (Å²) in [5, 5.41) is 0.656. The van der Waals surface area contributed by atoms with Crippen LogP contribution >= 0.6 is 11.6 Å². The molecule has 106 valence electrons. The van der Waals surface area contributed by atoms with Crippen molar-refractivity contribution in [2.75, 3.05) is 0 Å². The first-order chi connectivity index (χ1) is 9.38. The number of hydrogen-bond acceptors (Lipinski definition) is 1. The third-order valence-electron chi connectivity index (χ3n) is 3.30. The zero-order chi connectivity index (χ0) is 14.8. The highest BCUT2D eigenvalue weighted by atomic mass is 35.5. The summed E-state index contributed by atoms with van der Waals surface area (Å²) in [7, 11) is 0. The second-order valence-electron chi connectivity index (χ2n) is 6.13. The summed E-state index contributed by atoms with van der Waals surface area (Å²) < 4.78 is 5.91. The molecule has 0 radical (unpaired) electrons. The summed E-state index contributed by atoms with van der Waals surface area (Å²) in [6.07, 6.45) is 0. The Labute approximate surface area is 126 Å². The summed E-state index contributed by atoms with van der Waals surface area (Å²) in [5.74, 6) is 0.746. The molecule has 0 saturated heterocycles. The average molecular weight is 289 g/mol. The standard InChI is InChI=1S/C18H21ClO/c1-13-9-10-16(19)17(11-13)20-12-14-7-5-6-8-15(14)18(2,3)4/h5-11H,12H2,1-4H3. The van der Waals surface area contributed by atoms with Crippen LogP contribution in [0.15, 0.2) is 42.5 Å². The molecule has 0 saturated carbocycles. The Balaban J connectivity index is 2.21. The van der Waals surface area contributed by atoms with Gasteiger partial charge in [-0.05, 0) is 41.2 Å². The van der Waals surface area contributed by atoms with Crippen LogP contribution in [-0.2, 0) is 12.0 Å². The van der Waals surface area contributed by atoms with Crippen LogP contribution in [-0.4, -0.2) is 0 Å². The second kappa shape index (κ2) is 5.88. The van der Waals surface area contributed by atoms with E-state index in [0.29, 0.717) is 11.6 Å². The molecule has 0 spiro atoms. The molecule has 2 rings (SSSR count). The fourth-order valence-electron chi connectivity index (χ4n) is 2.25. The van der Waals surface area contributed by atoms with Crippen LogP contribution in [0.25, 0.3) is 0 Å². The third-order valence-corrected chi connectivity index (χ3v) is 3.61. The van der Waals surface area contributed by atoms with Gasteiger partial charge in [-0.1, -0.05) is 62.7 Å². The smallest absolute Gasteiger partial charge is 0.138 e. The van der Waals surface area contributed by atoms with Crippen LogP contribution in [0.4, 0.5) is 0 Å². The normalized spacial score (nSPS) is 11.4. The van der Waals surface area contributed by atoms with Gasteiger partial charge in [0.2, 0.25) is 0 Å². The SMILES string of the molecule is Cc1ccc(Cl)c(OCc2ccccc2C(C)(C)C)c1. The summed E-state index contributed by atoms with van der Waals surface area (Å²) in [6.45, 7) is 9.21. The van der Waals surface area contributed by atoms with Gasteiger partial charge in [-0.15, -0.1) is 0 Å². The van der Waals surface area contributed by atoms with E-state index in [0.717, 1.165) is 11.3 Å². The van der Waals surface area contributed by atoms with Crippen LogP contribution < -0.4 is 4.74 Å². The maximum atomic E-state index is 6.17. The van der Waals surface area contributed by atoms with E-state index in [1.807, 2.05) is 31.2 Å². The molecule has 0 amide bonds. The van der Waals surface area contributed by atoms with Crippen LogP contribution in [0.3, 0.4) is 0 Å². The van der Waals surface area contributed by atoms with E-state index in [1.165, 1.54) is 11.1 Å². The molecule has 0 aliphatic carbocycles. The van der Waals surface area contributed by atoms with Gasteiger partial charge in [-0.2, -0.15) is 0 Å². The van der Waals surface area contributed by atoms with Crippen molar-refractivity contribution >= 4 is 11.6 Å². The largest absolute Gasteiger partial charge is 0.487 e. The van der Waals surface area contributed by atoms with E-state index in [4.69, 9.17) is 16.3 Å². The van der Waals surface area contributed by atoms with Gasteiger partial charge in [0.25, 0.3) is 0 Å². The Hall–Kier alpha value is -1.47. The van der Waals surface area contributed by atoms with Gasteiger partial charge in [0.05, 0.1) is 5.02 Å². The first kappa shape index (κ1) is 14.9. The van der Waals surface area contributed by atoms with Crippen LogP contribution in [0.2, 0.25) is 5.02 Å². The molecule has 0 aliphatic heterocycles. The maximum Gasteiger partial charge on any atom is 0.138 e.